The first kappa shape index (κ1) is 7.21. The van der Waals surface area contributed by atoms with Gasteiger partial charge in [0, 0.05) is 6.20 Å². The number of aromatic nitrogens is 3. The van der Waals surface area contributed by atoms with Crippen molar-refractivity contribution in [2.24, 2.45) is 0 Å². The molecule has 0 saturated heterocycles. The van der Waals surface area contributed by atoms with Crippen LogP contribution in [0.3, 0.4) is 0 Å². The minimum atomic E-state index is -0.720. The molecule has 0 aliphatic carbocycles. The highest BCUT2D eigenvalue weighted by Crippen LogP contribution is 2.09. The van der Waals surface area contributed by atoms with Gasteiger partial charge in [-0.15, -0.1) is 5.10 Å². The fourth-order valence-corrected chi connectivity index (χ4v) is 0.629. The van der Waals surface area contributed by atoms with E-state index in [1.165, 1.54) is 17.8 Å². The van der Waals surface area contributed by atoms with Gasteiger partial charge in [-0.25, -0.2) is 4.68 Å². The molecule has 1 atom stereocenters. The number of carbonyl (C=O) groups is 1. The topological polar surface area (TPSA) is 47.8 Å². The lowest BCUT2D eigenvalue weighted by Crippen LogP contribution is -2.11. The Bertz CT molecular complexity index is 221. The molecule has 0 bridgehead atoms. The van der Waals surface area contributed by atoms with Crippen molar-refractivity contribution in [1.82, 2.24) is 15.0 Å². The standard InChI is InChI=1S/C5H6ClN3O/c1-4(10)5(6)9-3-2-7-8-9/h2-3,5H,1H3. The number of hydrogen-bond acceptors (Lipinski definition) is 3. The van der Waals surface area contributed by atoms with E-state index in [9.17, 15) is 4.79 Å². The molecule has 0 aromatic carbocycles. The zero-order chi connectivity index (χ0) is 7.56. The third-order valence-corrected chi connectivity index (χ3v) is 1.52. The van der Waals surface area contributed by atoms with Crippen LogP contribution in [0.4, 0.5) is 0 Å². The van der Waals surface area contributed by atoms with Crippen molar-refractivity contribution in [3.05, 3.63) is 12.4 Å². The highest BCUT2D eigenvalue weighted by molar-refractivity contribution is 6.28. The lowest BCUT2D eigenvalue weighted by atomic mass is 10.4. The molecule has 0 amide bonds. The lowest BCUT2D eigenvalue weighted by molar-refractivity contribution is -0.118. The second kappa shape index (κ2) is 2.79. The molecule has 0 spiro atoms. The van der Waals surface area contributed by atoms with Crippen LogP contribution in [0.15, 0.2) is 12.4 Å². The molecule has 1 aromatic rings. The molecule has 0 fully saturated rings. The van der Waals surface area contributed by atoms with Crippen LogP contribution in [-0.2, 0) is 4.79 Å². The third kappa shape index (κ3) is 1.33. The summed E-state index contributed by atoms with van der Waals surface area (Å²) in [5.74, 6) is -0.146. The van der Waals surface area contributed by atoms with Crippen molar-refractivity contribution in [3.63, 3.8) is 0 Å². The second-order valence-corrected chi connectivity index (χ2v) is 2.24. The van der Waals surface area contributed by atoms with Crippen LogP contribution in [0.1, 0.15) is 12.4 Å². The Morgan fingerprint density at radius 3 is 2.90 bits per heavy atom. The molecule has 0 radical (unpaired) electrons. The highest BCUT2D eigenvalue weighted by atomic mass is 35.5. The molecule has 10 heavy (non-hydrogen) atoms. The first-order valence-corrected chi connectivity index (χ1v) is 3.16. The minimum absolute atomic E-state index is 0.146. The van der Waals surface area contributed by atoms with Gasteiger partial charge < -0.3 is 0 Å². The van der Waals surface area contributed by atoms with Crippen molar-refractivity contribution < 1.29 is 4.79 Å². The zero-order valence-electron chi connectivity index (χ0n) is 5.36. The fraction of sp³-hybridized carbons (Fsp3) is 0.400. The minimum Gasteiger partial charge on any atom is -0.296 e. The van der Waals surface area contributed by atoms with Gasteiger partial charge in [0.15, 0.2) is 11.3 Å². The molecule has 1 aromatic heterocycles. The van der Waals surface area contributed by atoms with Crippen molar-refractivity contribution in [2.45, 2.75) is 12.4 Å². The van der Waals surface area contributed by atoms with Crippen LogP contribution in [0.25, 0.3) is 0 Å². The summed E-state index contributed by atoms with van der Waals surface area (Å²) < 4.78 is 1.30. The van der Waals surface area contributed by atoms with Crippen LogP contribution >= 0.6 is 11.6 Å². The number of hydrogen-bond donors (Lipinski definition) is 0. The number of nitrogens with zero attached hydrogens (tertiary/aromatic N) is 3. The van der Waals surface area contributed by atoms with Gasteiger partial charge in [-0.05, 0) is 6.92 Å². The second-order valence-electron chi connectivity index (χ2n) is 1.83. The Kier molecular flexibility index (Phi) is 2.01. The van der Waals surface area contributed by atoms with E-state index < -0.39 is 5.50 Å². The molecule has 1 unspecified atom stereocenters. The van der Waals surface area contributed by atoms with Crippen molar-refractivity contribution in [2.75, 3.05) is 0 Å². The highest BCUT2D eigenvalue weighted by Gasteiger charge is 2.11. The summed E-state index contributed by atoms with van der Waals surface area (Å²) in [6.45, 7) is 1.40. The van der Waals surface area contributed by atoms with Gasteiger partial charge in [0.25, 0.3) is 0 Å². The summed E-state index contributed by atoms with van der Waals surface area (Å²) in [4.78, 5) is 10.6. The van der Waals surface area contributed by atoms with Crippen LogP contribution in [0.5, 0.6) is 0 Å². The first-order chi connectivity index (χ1) is 4.72. The van der Waals surface area contributed by atoms with Crippen molar-refractivity contribution in [3.8, 4) is 0 Å². The Hall–Kier alpha value is -0.900. The van der Waals surface area contributed by atoms with Gasteiger partial charge in [-0.3, -0.25) is 4.79 Å². The maximum Gasteiger partial charge on any atom is 0.184 e. The summed E-state index contributed by atoms with van der Waals surface area (Å²) in [6, 6.07) is 0. The Morgan fingerprint density at radius 2 is 2.50 bits per heavy atom. The largest absolute Gasteiger partial charge is 0.296 e. The van der Waals surface area contributed by atoms with Crippen LogP contribution in [0, 0.1) is 0 Å². The van der Waals surface area contributed by atoms with Crippen molar-refractivity contribution in [1.29, 1.82) is 0 Å². The maximum absolute atomic E-state index is 10.6. The van der Waals surface area contributed by atoms with Gasteiger partial charge in [-0.2, -0.15) is 0 Å². The fourth-order valence-electron chi connectivity index (χ4n) is 0.525. The molecule has 0 N–H and O–H groups in total. The van der Waals surface area contributed by atoms with E-state index in [1.807, 2.05) is 0 Å². The summed E-state index contributed by atoms with van der Waals surface area (Å²) in [5, 5.41) is 7.05. The predicted molar refractivity (Wildman–Crippen MR) is 35.6 cm³/mol. The average molecular weight is 160 g/mol. The number of alkyl halides is 1. The normalized spacial score (nSPS) is 13.0. The summed E-state index contributed by atoms with van der Waals surface area (Å²) >= 11 is 5.59. The molecule has 54 valence electrons. The average Bonchev–Trinajstić information content (AvgIpc) is 2.36. The number of carbonyl (C=O) groups excluding carboxylic acids is 1. The van der Waals surface area contributed by atoms with Gasteiger partial charge in [0.05, 0.1) is 6.20 Å². The number of halogens is 1. The number of Topliss-reactive ketones (excluding diaryl/α,β-unsaturated/α-hetero) is 1. The SMILES string of the molecule is CC(=O)C(Cl)n1ccnn1. The van der Waals surface area contributed by atoms with Gasteiger partial charge in [0.1, 0.15) is 0 Å². The zero-order valence-corrected chi connectivity index (χ0v) is 6.12. The van der Waals surface area contributed by atoms with E-state index in [1.54, 1.807) is 6.20 Å². The molecular formula is C5H6ClN3O. The van der Waals surface area contributed by atoms with E-state index in [-0.39, 0.29) is 5.78 Å². The van der Waals surface area contributed by atoms with Crippen molar-refractivity contribution >= 4 is 17.4 Å². The lowest BCUT2D eigenvalue weighted by Gasteiger charge is -2.02. The third-order valence-electron chi connectivity index (χ3n) is 1.01. The first-order valence-electron chi connectivity index (χ1n) is 2.72. The van der Waals surface area contributed by atoms with Crippen LogP contribution in [0.2, 0.25) is 0 Å². The molecular weight excluding hydrogens is 154 g/mol. The molecule has 1 rings (SSSR count). The van der Waals surface area contributed by atoms with E-state index in [0.29, 0.717) is 0 Å². The molecule has 0 aliphatic heterocycles. The van der Waals surface area contributed by atoms with Gasteiger partial charge in [0.2, 0.25) is 0 Å². The van der Waals surface area contributed by atoms with Gasteiger partial charge >= 0.3 is 0 Å². The maximum atomic E-state index is 10.6. The van der Waals surface area contributed by atoms with E-state index >= 15 is 0 Å². The predicted octanol–water partition coefficient (Wildman–Crippen LogP) is 0.604. The summed E-state index contributed by atoms with van der Waals surface area (Å²) in [7, 11) is 0. The molecule has 1 heterocycles. The quantitative estimate of drug-likeness (QED) is 0.594. The smallest absolute Gasteiger partial charge is 0.184 e. The van der Waals surface area contributed by atoms with E-state index in [0.717, 1.165) is 0 Å². The number of ketones is 1. The Morgan fingerprint density at radius 1 is 1.80 bits per heavy atom. The Balaban J connectivity index is 2.77. The van der Waals surface area contributed by atoms with Crippen LogP contribution < -0.4 is 0 Å². The van der Waals surface area contributed by atoms with E-state index in [4.69, 9.17) is 11.6 Å². The molecule has 4 nitrogen and oxygen atoms in total. The number of rotatable bonds is 2. The molecule has 0 aliphatic rings. The van der Waals surface area contributed by atoms with Crippen LogP contribution in [-0.4, -0.2) is 20.8 Å². The van der Waals surface area contributed by atoms with Gasteiger partial charge in [-0.1, -0.05) is 16.8 Å². The molecule has 0 saturated carbocycles. The Labute approximate surface area is 62.8 Å². The monoisotopic (exact) mass is 159 g/mol. The molecule has 5 heteroatoms. The summed E-state index contributed by atoms with van der Waals surface area (Å²) in [6.07, 6.45) is 3.01. The summed E-state index contributed by atoms with van der Waals surface area (Å²) in [5.41, 5.74) is -0.720. The van der Waals surface area contributed by atoms with E-state index in [2.05, 4.69) is 10.3 Å².